The zero-order valence-electron chi connectivity index (χ0n) is 17.6. The second-order valence-electron chi connectivity index (χ2n) is 9.21. The number of aromatic nitrogens is 2. The number of imidazole rings is 1. The lowest BCUT2D eigenvalue weighted by atomic mass is 9.86. The van der Waals surface area contributed by atoms with E-state index in [1.54, 1.807) is 13.8 Å². The summed E-state index contributed by atoms with van der Waals surface area (Å²) in [5, 5.41) is 13.5. The van der Waals surface area contributed by atoms with Crippen molar-refractivity contribution in [2.24, 2.45) is 0 Å². The van der Waals surface area contributed by atoms with Gasteiger partial charge in [0.15, 0.2) is 0 Å². The van der Waals surface area contributed by atoms with E-state index < -0.39 is 11.2 Å². The van der Waals surface area contributed by atoms with E-state index in [1.807, 2.05) is 49.4 Å². The van der Waals surface area contributed by atoms with Gasteiger partial charge in [0.05, 0.1) is 23.1 Å². The second-order valence-corrected chi connectivity index (χ2v) is 9.21. The summed E-state index contributed by atoms with van der Waals surface area (Å²) in [6.07, 6.45) is 3.53. The summed E-state index contributed by atoms with van der Waals surface area (Å²) in [4.78, 5) is 17.6. The number of anilines is 1. The van der Waals surface area contributed by atoms with E-state index in [0.717, 1.165) is 40.8 Å². The average Bonchev–Trinajstić information content (AvgIpc) is 2.96. The maximum Gasteiger partial charge on any atom is 0.231 e. The van der Waals surface area contributed by atoms with Gasteiger partial charge in [0.25, 0.3) is 0 Å². The predicted molar refractivity (Wildman–Crippen MR) is 116 cm³/mol. The molecule has 1 aliphatic carbocycles. The fraction of sp³-hybridized carbons (Fsp3) is 0.417. The van der Waals surface area contributed by atoms with Crippen LogP contribution in [0.1, 0.15) is 63.6 Å². The average molecular weight is 405 g/mol. The van der Waals surface area contributed by atoms with Crippen LogP contribution in [0.15, 0.2) is 42.5 Å². The van der Waals surface area contributed by atoms with Crippen molar-refractivity contribution in [2.45, 2.75) is 63.7 Å². The van der Waals surface area contributed by atoms with E-state index in [1.165, 1.54) is 6.42 Å². The standard InChI is InChI=1S/C24H27N3O3/c1-23(2,29)15-11-12-18-19(13-15)27(16-7-6-8-16)22(25-18)26-21(28)14-24(3)17-9-4-5-10-20(17)30-24/h4-5,9-13,16,29H,6-8,14H2,1-3H3,(H,25,26,28)/t24-/m0/s1. The predicted octanol–water partition coefficient (Wildman–Crippen LogP) is 4.63. The third-order valence-electron chi connectivity index (χ3n) is 6.38. The Morgan fingerprint density at radius 2 is 2.07 bits per heavy atom. The van der Waals surface area contributed by atoms with Crippen LogP contribution in [0.3, 0.4) is 0 Å². The maximum absolute atomic E-state index is 12.9. The Morgan fingerprint density at radius 3 is 2.73 bits per heavy atom. The summed E-state index contributed by atoms with van der Waals surface area (Å²) in [7, 11) is 0. The first kappa shape index (κ1) is 19.1. The first-order valence-corrected chi connectivity index (χ1v) is 10.6. The summed E-state index contributed by atoms with van der Waals surface area (Å²) >= 11 is 0. The van der Waals surface area contributed by atoms with Gasteiger partial charge >= 0.3 is 0 Å². The Hall–Kier alpha value is -2.86. The molecular weight excluding hydrogens is 378 g/mol. The Morgan fingerprint density at radius 1 is 1.30 bits per heavy atom. The highest BCUT2D eigenvalue weighted by molar-refractivity contribution is 5.92. The van der Waals surface area contributed by atoms with Crippen LogP contribution in [0, 0.1) is 0 Å². The minimum atomic E-state index is -0.935. The van der Waals surface area contributed by atoms with Gasteiger partial charge in [0, 0.05) is 11.6 Å². The summed E-state index contributed by atoms with van der Waals surface area (Å²) in [6.45, 7) is 5.50. The Bertz CT molecular complexity index is 1140. The number of carbonyl (C=O) groups excluding carboxylic acids is 1. The van der Waals surface area contributed by atoms with Gasteiger partial charge < -0.3 is 14.4 Å². The highest BCUT2D eigenvalue weighted by Gasteiger charge is 2.42. The molecule has 0 bridgehead atoms. The highest BCUT2D eigenvalue weighted by Crippen LogP contribution is 2.46. The second kappa shape index (κ2) is 6.57. The van der Waals surface area contributed by atoms with Gasteiger partial charge in [-0.15, -0.1) is 0 Å². The van der Waals surface area contributed by atoms with Gasteiger partial charge in [-0.25, -0.2) is 4.98 Å². The molecule has 1 fully saturated rings. The number of rotatable bonds is 5. The maximum atomic E-state index is 12.9. The van der Waals surface area contributed by atoms with Crippen LogP contribution in [-0.4, -0.2) is 20.6 Å². The van der Waals surface area contributed by atoms with Gasteiger partial charge in [-0.2, -0.15) is 0 Å². The summed E-state index contributed by atoms with van der Waals surface area (Å²) in [6, 6.07) is 13.9. The third-order valence-corrected chi connectivity index (χ3v) is 6.38. The number of aliphatic hydroxyl groups is 1. The number of para-hydroxylation sites is 1. The van der Waals surface area contributed by atoms with Gasteiger partial charge in [-0.3, -0.25) is 10.1 Å². The number of nitrogens with zero attached hydrogens (tertiary/aromatic N) is 2. The highest BCUT2D eigenvalue weighted by atomic mass is 16.5. The molecule has 6 heteroatoms. The first-order valence-electron chi connectivity index (χ1n) is 10.6. The van der Waals surface area contributed by atoms with E-state index in [0.29, 0.717) is 12.0 Å². The molecule has 5 rings (SSSR count). The minimum Gasteiger partial charge on any atom is -0.482 e. The van der Waals surface area contributed by atoms with Crippen LogP contribution in [0.5, 0.6) is 5.75 Å². The van der Waals surface area contributed by atoms with Crippen LogP contribution in [-0.2, 0) is 16.0 Å². The van der Waals surface area contributed by atoms with E-state index in [4.69, 9.17) is 9.72 Å². The topological polar surface area (TPSA) is 76.4 Å². The molecule has 3 aromatic rings. The Balaban J connectivity index is 1.45. The van der Waals surface area contributed by atoms with Crippen molar-refractivity contribution < 1.29 is 14.6 Å². The zero-order valence-corrected chi connectivity index (χ0v) is 17.6. The number of fused-ring (bicyclic) bond motifs is 2. The smallest absolute Gasteiger partial charge is 0.231 e. The Labute approximate surface area is 175 Å². The molecule has 0 radical (unpaired) electrons. The molecule has 2 aliphatic rings. The lowest BCUT2D eigenvalue weighted by Gasteiger charge is -2.41. The molecule has 1 aromatic heterocycles. The lowest BCUT2D eigenvalue weighted by molar-refractivity contribution is -0.121. The molecule has 0 unspecified atom stereocenters. The lowest BCUT2D eigenvalue weighted by Crippen LogP contribution is -2.41. The molecule has 30 heavy (non-hydrogen) atoms. The number of ether oxygens (including phenoxy) is 1. The largest absolute Gasteiger partial charge is 0.482 e. The first-order chi connectivity index (χ1) is 14.2. The van der Waals surface area contributed by atoms with E-state index >= 15 is 0 Å². The Kier molecular flexibility index (Phi) is 4.19. The molecule has 2 aromatic carbocycles. The van der Waals surface area contributed by atoms with Crippen LogP contribution in [0.25, 0.3) is 11.0 Å². The van der Waals surface area contributed by atoms with Crippen molar-refractivity contribution in [2.75, 3.05) is 5.32 Å². The molecule has 0 spiro atoms. The molecular formula is C24H27N3O3. The van der Waals surface area contributed by atoms with Gasteiger partial charge in [-0.1, -0.05) is 24.3 Å². The monoisotopic (exact) mass is 405 g/mol. The van der Waals surface area contributed by atoms with Crippen molar-refractivity contribution in [1.82, 2.24) is 9.55 Å². The molecule has 2 N–H and O–H groups in total. The van der Waals surface area contributed by atoms with Crippen LogP contribution in [0.4, 0.5) is 5.95 Å². The van der Waals surface area contributed by atoms with Crippen LogP contribution in [0.2, 0.25) is 0 Å². The normalized spacial score (nSPS) is 20.8. The van der Waals surface area contributed by atoms with Gasteiger partial charge in [0.2, 0.25) is 11.9 Å². The van der Waals surface area contributed by atoms with Crippen molar-refractivity contribution in [3.05, 3.63) is 53.6 Å². The molecule has 1 atom stereocenters. The number of hydrogen-bond donors (Lipinski definition) is 2. The quantitative estimate of drug-likeness (QED) is 0.649. The van der Waals surface area contributed by atoms with Crippen molar-refractivity contribution >= 4 is 22.9 Å². The summed E-state index contributed by atoms with van der Waals surface area (Å²) < 4.78 is 8.02. The van der Waals surface area contributed by atoms with E-state index in [-0.39, 0.29) is 12.3 Å². The van der Waals surface area contributed by atoms with Crippen LogP contribution >= 0.6 is 0 Å². The SMILES string of the molecule is CC(C)(O)c1ccc2nc(NC(=O)C[C@]3(C)Oc4ccccc43)n(C3CCC3)c2c1. The molecule has 1 saturated carbocycles. The number of amides is 1. The number of benzene rings is 2. The minimum absolute atomic E-state index is 0.120. The molecule has 6 nitrogen and oxygen atoms in total. The fourth-order valence-corrected chi connectivity index (χ4v) is 4.43. The molecule has 1 amide bonds. The summed E-state index contributed by atoms with van der Waals surface area (Å²) in [5.74, 6) is 1.29. The molecule has 156 valence electrons. The van der Waals surface area contributed by atoms with Crippen molar-refractivity contribution in [1.29, 1.82) is 0 Å². The molecule has 0 saturated heterocycles. The van der Waals surface area contributed by atoms with Gasteiger partial charge in [-0.05, 0) is 63.8 Å². The number of hydrogen-bond acceptors (Lipinski definition) is 4. The van der Waals surface area contributed by atoms with Gasteiger partial charge in [0.1, 0.15) is 11.4 Å². The van der Waals surface area contributed by atoms with Crippen molar-refractivity contribution in [3.63, 3.8) is 0 Å². The molecule has 1 aliphatic heterocycles. The summed E-state index contributed by atoms with van der Waals surface area (Å²) in [5.41, 5.74) is 2.12. The fourth-order valence-electron chi connectivity index (χ4n) is 4.43. The number of carbonyl (C=O) groups is 1. The third kappa shape index (κ3) is 3.06. The van der Waals surface area contributed by atoms with Crippen molar-refractivity contribution in [3.8, 4) is 5.75 Å². The van der Waals surface area contributed by atoms with E-state index in [9.17, 15) is 9.90 Å². The van der Waals surface area contributed by atoms with Crippen LogP contribution < -0.4 is 10.1 Å². The van der Waals surface area contributed by atoms with E-state index in [2.05, 4.69) is 9.88 Å². The zero-order chi connectivity index (χ0) is 21.1. The number of nitrogens with one attached hydrogen (secondary N) is 1. The molecule has 2 heterocycles.